The van der Waals surface area contributed by atoms with Crippen molar-refractivity contribution in [3.05, 3.63) is 40.2 Å². The van der Waals surface area contributed by atoms with E-state index in [0.717, 1.165) is 0 Å². The summed E-state index contributed by atoms with van der Waals surface area (Å²) in [5.74, 6) is 0.00523. The van der Waals surface area contributed by atoms with E-state index in [1.807, 2.05) is 0 Å². The predicted molar refractivity (Wildman–Crippen MR) is 59.7 cm³/mol. The molecule has 0 bridgehead atoms. The van der Waals surface area contributed by atoms with E-state index in [2.05, 4.69) is 9.97 Å². The number of para-hydroxylation sites is 1. The molecule has 1 heterocycles. The summed E-state index contributed by atoms with van der Waals surface area (Å²) in [5.41, 5.74) is 5.18. The Morgan fingerprint density at radius 3 is 3.00 bits per heavy atom. The zero-order valence-corrected chi connectivity index (χ0v) is 8.66. The van der Waals surface area contributed by atoms with Gasteiger partial charge < -0.3 is 10.7 Å². The molecule has 0 atom stereocenters. The quantitative estimate of drug-likeness (QED) is 0.810. The second-order valence-corrected chi connectivity index (χ2v) is 3.54. The third-order valence-electron chi connectivity index (χ3n) is 2.35. The van der Waals surface area contributed by atoms with Crippen molar-refractivity contribution in [1.29, 1.82) is 0 Å². The summed E-state index contributed by atoms with van der Waals surface area (Å²) in [5, 5.41) is 0.275. The molecule has 4 nitrogen and oxygen atoms in total. The second kappa shape index (κ2) is 4.40. The Hall–Kier alpha value is -1.75. The van der Waals surface area contributed by atoms with Gasteiger partial charge in [0.25, 0.3) is 5.56 Å². The fraction of sp³-hybridized carbons (Fsp3) is 0.273. The van der Waals surface area contributed by atoms with Crippen LogP contribution < -0.4 is 11.3 Å². The number of hydrogen-bond acceptors (Lipinski definition) is 3. The smallest absolute Gasteiger partial charge is 0.258 e. The van der Waals surface area contributed by atoms with Crippen molar-refractivity contribution in [3.63, 3.8) is 0 Å². The van der Waals surface area contributed by atoms with Crippen LogP contribution in [0.15, 0.2) is 23.0 Å². The molecule has 3 N–H and O–H groups in total. The molecule has 2 aromatic rings. The molecule has 0 unspecified atom stereocenters. The highest BCUT2D eigenvalue weighted by atomic mass is 19.1. The number of benzene rings is 1. The van der Waals surface area contributed by atoms with Crippen molar-refractivity contribution < 1.29 is 4.39 Å². The second-order valence-electron chi connectivity index (χ2n) is 3.54. The number of nitrogens with two attached hydrogens (primary N) is 1. The Morgan fingerprint density at radius 2 is 2.25 bits per heavy atom. The van der Waals surface area contributed by atoms with E-state index in [9.17, 15) is 9.18 Å². The number of aromatic amines is 1. The van der Waals surface area contributed by atoms with E-state index in [0.29, 0.717) is 25.2 Å². The van der Waals surface area contributed by atoms with Gasteiger partial charge in [-0.3, -0.25) is 4.79 Å². The largest absolute Gasteiger partial charge is 0.330 e. The van der Waals surface area contributed by atoms with Crippen molar-refractivity contribution >= 4 is 10.9 Å². The summed E-state index contributed by atoms with van der Waals surface area (Å²) in [4.78, 5) is 18.3. The number of nitrogens with one attached hydrogen (secondary N) is 1. The van der Waals surface area contributed by atoms with Gasteiger partial charge in [0, 0.05) is 6.42 Å². The monoisotopic (exact) mass is 221 g/mol. The summed E-state index contributed by atoms with van der Waals surface area (Å²) in [7, 11) is 0. The molecule has 5 heteroatoms. The van der Waals surface area contributed by atoms with Crippen LogP contribution in [0.5, 0.6) is 0 Å². The third kappa shape index (κ3) is 1.94. The van der Waals surface area contributed by atoms with Gasteiger partial charge in [0.1, 0.15) is 17.2 Å². The summed E-state index contributed by atoms with van der Waals surface area (Å²) in [6.07, 6.45) is 1.26. The first kappa shape index (κ1) is 10.8. The molecule has 0 saturated heterocycles. The molecule has 0 aliphatic heterocycles. The van der Waals surface area contributed by atoms with Crippen LogP contribution in [0, 0.1) is 5.82 Å². The first-order chi connectivity index (χ1) is 7.72. The predicted octanol–water partition coefficient (Wildman–Crippen LogP) is 0.954. The zero-order valence-electron chi connectivity index (χ0n) is 8.66. The topological polar surface area (TPSA) is 71.8 Å². The molecule has 16 heavy (non-hydrogen) atoms. The van der Waals surface area contributed by atoms with Crippen molar-refractivity contribution in [1.82, 2.24) is 9.97 Å². The first-order valence-electron chi connectivity index (χ1n) is 5.10. The average molecular weight is 221 g/mol. The Morgan fingerprint density at radius 1 is 1.44 bits per heavy atom. The minimum Gasteiger partial charge on any atom is -0.330 e. The van der Waals surface area contributed by atoms with Crippen molar-refractivity contribution in [2.24, 2.45) is 5.73 Å². The Kier molecular flexibility index (Phi) is 2.96. The Bertz CT molecular complexity index is 565. The molecular weight excluding hydrogens is 209 g/mol. The van der Waals surface area contributed by atoms with Gasteiger partial charge >= 0.3 is 0 Å². The molecule has 0 fully saturated rings. The van der Waals surface area contributed by atoms with Crippen molar-refractivity contribution in [2.75, 3.05) is 6.54 Å². The van der Waals surface area contributed by atoms with Crippen molar-refractivity contribution in [3.8, 4) is 0 Å². The van der Waals surface area contributed by atoms with E-state index in [4.69, 9.17) is 5.73 Å². The maximum Gasteiger partial charge on any atom is 0.258 e. The lowest BCUT2D eigenvalue weighted by atomic mass is 10.2. The van der Waals surface area contributed by atoms with Gasteiger partial charge in [-0.05, 0) is 25.1 Å². The maximum absolute atomic E-state index is 13.4. The highest BCUT2D eigenvalue weighted by Crippen LogP contribution is 2.11. The van der Waals surface area contributed by atoms with Gasteiger partial charge in [-0.25, -0.2) is 9.37 Å². The fourth-order valence-electron chi connectivity index (χ4n) is 1.56. The number of halogens is 1. The van der Waals surface area contributed by atoms with Crippen LogP contribution >= 0.6 is 0 Å². The molecule has 84 valence electrons. The number of aryl methyl sites for hydroxylation is 1. The van der Waals surface area contributed by atoms with Crippen LogP contribution in [0.1, 0.15) is 12.2 Å². The van der Waals surface area contributed by atoms with Gasteiger partial charge in [0.15, 0.2) is 0 Å². The summed E-state index contributed by atoms with van der Waals surface area (Å²) in [6, 6.07) is 4.34. The number of rotatable bonds is 3. The van der Waals surface area contributed by atoms with Crippen LogP contribution in [0.25, 0.3) is 10.9 Å². The Balaban J connectivity index is 2.57. The Labute approximate surface area is 91.3 Å². The number of fused-ring (bicyclic) bond motifs is 1. The van der Waals surface area contributed by atoms with Crippen LogP contribution in [0.3, 0.4) is 0 Å². The van der Waals surface area contributed by atoms with E-state index < -0.39 is 5.82 Å². The van der Waals surface area contributed by atoms with Crippen LogP contribution in [-0.4, -0.2) is 16.5 Å². The van der Waals surface area contributed by atoms with Gasteiger partial charge in [-0.15, -0.1) is 0 Å². The van der Waals surface area contributed by atoms with Gasteiger partial charge in [-0.2, -0.15) is 0 Å². The van der Waals surface area contributed by atoms with Crippen LogP contribution in [0.4, 0.5) is 4.39 Å². The molecule has 2 rings (SSSR count). The van der Waals surface area contributed by atoms with E-state index in [-0.39, 0.29) is 16.5 Å². The fourth-order valence-corrected chi connectivity index (χ4v) is 1.56. The SMILES string of the molecule is NCCCc1nc2c(F)cccc2c(=O)[nH]1. The van der Waals surface area contributed by atoms with Crippen LogP contribution in [0.2, 0.25) is 0 Å². The highest BCUT2D eigenvalue weighted by molar-refractivity contribution is 5.77. The molecule has 0 radical (unpaired) electrons. The zero-order chi connectivity index (χ0) is 11.5. The average Bonchev–Trinajstić information content (AvgIpc) is 2.28. The third-order valence-corrected chi connectivity index (χ3v) is 2.35. The van der Waals surface area contributed by atoms with Crippen molar-refractivity contribution in [2.45, 2.75) is 12.8 Å². The highest BCUT2D eigenvalue weighted by Gasteiger charge is 2.07. The summed E-state index contributed by atoms with van der Waals surface area (Å²) in [6.45, 7) is 0.513. The van der Waals surface area contributed by atoms with E-state index in [1.165, 1.54) is 12.1 Å². The van der Waals surface area contributed by atoms with E-state index in [1.54, 1.807) is 6.07 Å². The molecule has 0 amide bonds. The number of nitrogens with zero attached hydrogens (tertiary/aromatic N) is 1. The van der Waals surface area contributed by atoms with Crippen LogP contribution in [-0.2, 0) is 6.42 Å². The molecule has 0 aliphatic carbocycles. The minimum absolute atomic E-state index is 0.123. The summed E-state index contributed by atoms with van der Waals surface area (Å²) >= 11 is 0. The molecule has 0 spiro atoms. The summed E-state index contributed by atoms with van der Waals surface area (Å²) < 4.78 is 13.4. The minimum atomic E-state index is -0.474. The molecule has 1 aromatic heterocycles. The lowest BCUT2D eigenvalue weighted by molar-refractivity contribution is 0.634. The van der Waals surface area contributed by atoms with E-state index >= 15 is 0 Å². The number of H-pyrrole nitrogens is 1. The molecule has 0 saturated carbocycles. The van der Waals surface area contributed by atoms with Gasteiger partial charge in [0.05, 0.1) is 5.39 Å². The molecular formula is C11H12FN3O. The number of aromatic nitrogens is 2. The standard InChI is InChI=1S/C11H12FN3O/c12-8-4-1-3-7-10(8)14-9(5-2-6-13)15-11(7)16/h1,3-4H,2,5-6,13H2,(H,14,15,16). The molecule has 0 aliphatic rings. The lowest BCUT2D eigenvalue weighted by Crippen LogP contribution is -2.13. The maximum atomic E-state index is 13.4. The first-order valence-corrected chi connectivity index (χ1v) is 5.10. The normalized spacial score (nSPS) is 10.9. The number of hydrogen-bond donors (Lipinski definition) is 2. The molecule has 1 aromatic carbocycles. The lowest BCUT2D eigenvalue weighted by Gasteiger charge is -2.02. The van der Waals surface area contributed by atoms with Gasteiger partial charge in [-0.1, -0.05) is 6.07 Å². The van der Waals surface area contributed by atoms with Gasteiger partial charge in [0.2, 0.25) is 0 Å².